The lowest BCUT2D eigenvalue weighted by Crippen LogP contribution is -2.12. The van der Waals surface area contributed by atoms with Crippen LogP contribution in [-0.4, -0.2) is 28.6 Å². The first-order valence-corrected chi connectivity index (χ1v) is 7.15. The molecule has 0 aliphatic carbocycles. The zero-order valence-corrected chi connectivity index (χ0v) is 12.9. The summed E-state index contributed by atoms with van der Waals surface area (Å²) in [4.78, 5) is 26.8. The van der Waals surface area contributed by atoms with E-state index in [0.29, 0.717) is 12.4 Å². The average Bonchev–Trinajstić information content (AvgIpc) is 2.55. The Morgan fingerprint density at radius 1 is 1.22 bits per heavy atom. The summed E-state index contributed by atoms with van der Waals surface area (Å²) in [5, 5.41) is 9.10. The highest BCUT2D eigenvalue weighted by atomic mass is 16.5. The number of benzene rings is 1. The van der Waals surface area contributed by atoms with Crippen molar-refractivity contribution < 1.29 is 24.2 Å². The van der Waals surface area contributed by atoms with Crippen molar-refractivity contribution in [2.75, 3.05) is 6.61 Å². The lowest BCUT2D eigenvalue weighted by atomic mass is 10.0. The van der Waals surface area contributed by atoms with Gasteiger partial charge in [-0.25, -0.2) is 9.78 Å². The summed E-state index contributed by atoms with van der Waals surface area (Å²) in [5.74, 6) is -1.33. The standard InChI is InChI=1S/C17H17NO5/c1-3-22-17(21)11(2)12-6-8-13(9-7-12)23-15-14(16(19)20)5-4-10-18-15/h4-11H,3H2,1-2H3,(H,19,20). The molecule has 0 saturated carbocycles. The van der Waals surface area contributed by atoms with Crippen molar-refractivity contribution in [2.45, 2.75) is 19.8 Å². The molecule has 23 heavy (non-hydrogen) atoms. The second kappa shape index (κ2) is 7.40. The number of carbonyl (C=O) groups excluding carboxylic acids is 1. The topological polar surface area (TPSA) is 85.7 Å². The number of carboxylic acids is 1. The number of ether oxygens (including phenoxy) is 2. The maximum Gasteiger partial charge on any atom is 0.341 e. The minimum absolute atomic E-state index is 0.0172. The third-order valence-electron chi connectivity index (χ3n) is 3.24. The number of hydrogen-bond donors (Lipinski definition) is 1. The molecule has 0 saturated heterocycles. The monoisotopic (exact) mass is 315 g/mol. The lowest BCUT2D eigenvalue weighted by molar-refractivity contribution is -0.144. The number of carbonyl (C=O) groups is 2. The van der Waals surface area contributed by atoms with Crippen molar-refractivity contribution >= 4 is 11.9 Å². The molecule has 1 heterocycles. The summed E-state index contributed by atoms with van der Waals surface area (Å²) >= 11 is 0. The van der Waals surface area contributed by atoms with Gasteiger partial charge in [0.1, 0.15) is 11.3 Å². The summed E-state index contributed by atoms with van der Waals surface area (Å²) in [5.41, 5.74) is 0.770. The molecular formula is C17H17NO5. The van der Waals surface area contributed by atoms with Crippen LogP contribution in [0.1, 0.15) is 35.7 Å². The zero-order valence-electron chi connectivity index (χ0n) is 12.9. The normalized spacial score (nSPS) is 11.6. The Labute approximate surface area is 133 Å². The van der Waals surface area contributed by atoms with E-state index >= 15 is 0 Å². The van der Waals surface area contributed by atoms with E-state index in [0.717, 1.165) is 5.56 Å². The molecular weight excluding hydrogens is 298 g/mol. The zero-order chi connectivity index (χ0) is 16.8. The predicted octanol–water partition coefficient (Wildman–Crippen LogP) is 3.24. The number of pyridine rings is 1. The number of aromatic nitrogens is 1. The molecule has 1 N–H and O–H groups in total. The van der Waals surface area contributed by atoms with Gasteiger partial charge in [-0.15, -0.1) is 0 Å². The van der Waals surface area contributed by atoms with E-state index in [2.05, 4.69) is 4.98 Å². The molecule has 120 valence electrons. The van der Waals surface area contributed by atoms with Gasteiger partial charge in [-0.2, -0.15) is 0 Å². The molecule has 1 aromatic carbocycles. The molecule has 6 nitrogen and oxygen atoms in total. The van der Waals surface area contributed by atoms with Crippen LogP contribution >= 0.6 is 0 Å². The first-order valence-electron chi connectivity index (χ1n) is 7.15. The number of aromatic carboxylic acids is 1. The van der Waals surface area contributed by atoms with Gasteiger partial charge < -0.3 is 14.6 Å². The third-order valence-corrected chi connectivity index (χ3v) is 3.24. The highest BCUT2D eigenvalue weighted by Crippen LogP contribution is 2.25. The molecule has 2 rings (SSSR count). The maximum absolute atomic E-state index is 11.7. The van der Waals surface area contributed by atoms with Gasteiger partial charge in [0, 0.05) is 6.20 Å². The van der Waals surface area contributed by atoms with Crippen LogP contribution < -0.4 is 4.74 Å². The van der Waals surface area contributed by atoms with Gasteiger partial charge >= 0.3 is 11.9 Å². The highest BCUT2D eigenvalue weighted by Gasteiger charge is 2.17. The Morgan fingerprint density at radius 3 is 2.52 bits per heavy atom. The quantitative estimate of drug-likeness (QED) is 0.824. The summed E-state index contributed by atoms with van der Waals surface area (Å²) in [7, 11) is 0. The second-order valence-corrected chi connectivity index (χ2v) is 4.81. The number of hydrogen-bond acceptors (Lipinski definition) is 5. The molecule has 0 bridgehead atoms. The largest absolute Gasteiger partial charge is 0.477 e. The van der Waals surface area contributed by atoms with Crippen molar-refractivity contribution in [3.05, 3.63) is 53.7 Å². The molecule has 0 fully saturated rings. The van der Waals surface area contributed by atoms with Gasteiger partial charge in [-0.1, -0.05) is 12.1 Å². The maximum atomic E-state index is 11.7. The first-order chi connectivity index (χ1) is 11.0. The van der Waals surface area contributed by atoms with Crippen LogP contribution in [0.15, 0.2) is 42.6 Å². The van der Waals surface area contributed by atoms with Gasteiger partial charge in [-0.05, 0) is 43.7 Å². The highest BCUT2D eigenvalue weighted by molar-refractivity contribution is 5.90. The van der Waals surface area contributed by atoms with E-state index in [9.17, 15) is 9.59 Å². The van der Waals surface area contributed by atoms with Crippen LogP contribution in [0.3, 0.4) is 0 Å². The lowest BCUT2D eigenvalue weighted by Gasteiger charge is -2.12. The molecule has 1 aromatic heterocycles. The van der Waals surface area contributed by atoms with Crippen molar-refractivity contribution in [3.63, 3.8) is 0 Å². The van der Waals surface area contributed by atoms with Crippen molar-refractivity contribution in [1.29, 1.82) is 0 Å². The fourth-order valence-electron chi connectivity index (χ4n) is 1.97. The van der Waals surface area contributed by atoms with E-state index in [1.807, 2.05) is 0 Å². The van der Waals surface area contributed by atoms with E-state index in [-0.39, 0.29) is 23.3 Å². The fraction of sp³-hybridized carbons (Fsp3) is 0.235. The van der Waals surface area contributed by atoms with Crippen molar-refractivity contribution in [1.82, 2.24) is 4.98 Å². The molecule has 1 atom stereocenters. The Balaban J connectivity index is 2.15. The first kappa shape index (κ1) is 16.5. The molecule has 0 spiro atoms. The van der Waals surface area contributed by atoms with Crippen molar-refractivity contribution in [2.24, 2.45) is 0 Å². The summed E-state index contributed by atoms with van der Waals surface area (Å²) < 4.78 is 10.5. The van der Waals surface area contributed by atoms with Crippen LogP contribution in [0.4, 0.5) is 0 Å². The Morgan fingerprint density at radius 2 is 1.91 bits per heavy atom. The van der Waals surface area contributed by atoms with Crippen LogP contribution in [0.25, 0.3) is 0 Å². The van der Waals surface area contributed by atoms with Crippen LogP contribution in [-0.2, 0) is 9.53 Å². The van der Waals surface area contributed by atoms with Gasteiger partial charge in [0.25, 0.3) is 0 Å². The second-order valence-electron chi connectivity index (χ2n) is 4.81. The van der Waals surface area contributed by atoms with E-state index in [4.69, 9.17) is 14.6 Å². The van der Waals surface area contributed by atoms with Gasteiger partial charge in [0.2, 0.25) is 5.88 Å². The minimum Gasteiger partial charge on any atom is -0.477 e. The smallest absolute Gasteiger partial charge is 0.341 e. The minimum atomic E-state index is -1.11. The molecule has 6 heteroatoms. The van der Waals surface area contributed by atoms with Crippen LogP contribution in [0, 0.1) is 0 Å². The Bertz CT molecular complexity index is 696. The Hall–Kier alpha value is -2.89. The van der Waals surface area contributed by atoms with E-state index < -0.39 is 5.97 Å². The fourth-order valence-corrected chi connectivity index (χ4v) is 1.97. The summed E-state index contributed by atoms with van der Waals surface area (Å²) in [6, 6.07) is 9.74. The number of esters is 1. The SMILES string of the molecule is CCOC(=O)C(C)c1ccc(Oc2ncccc2C(=O)O)cc1. The third kappa shape index (κ3) is 4.06. The number of rotatable bonds is 6. The van der Waals surface area contributed by atoms with Gasteiger partial charge in [-0.3, -0.25) is 4.79 Å². The summed E-state index contributed by atoms with van der Waals surface area (Å²) in [6.07, 6.45) is 1.46. The van der Waals surface area contributed by atoms with Gasteiger partial charge in [0.15, 0.2) is 0 Å². The molecule has 0 amide bonds. The van der Waals surface area contributed by atoms with Crippen LogP contribution in [0.5, 0.6) is 11.6 Å². The molecule has 0 aliphatic heterocycles. The van der Waals surface area contributed by atoms with E-state index in [1.165, 1.54) is 18.3 Å². The predicted molar refractivity (Wildman–Crippen MR) is 82.8 cm³/mol. The van der Waals surface area contributed by atoms with Gasteiger partial charge in [0.05, 0.1) is 12.5 Å². The molecule has 2 aromatic rings. The summed E-state index contributed by atoms with van der Waals surface area (Å²) in [6.45, 7) is 3.85. The van der Waals surface area contributed by atoms with Crippen molar-refractivity contribution in [3.8, 4) is 11.6 Å². The molecule has 0 radical (unpaired) electrons. The van der Waals surface area contributed by atoms with Crippen LogP contribution in [0.2, 0.25) is 0 Å². The number of nitrogens with zero attached hydrogens (tertiary/aromatic N) is 1. The Kier molecular flexibility index (Phi) is 5.30. The average molecular weight is 315 g/mol. The number of carboxylic acid groups (broad SMARTS) is 1. The molecule has 0 aliphatic rings. The van der Waals surface area contributed by atoms with E-state index in [1.54, 1.807) is 38.1 Å². The molecule has 1 unspecified atom stereocenters.